The van der Waals surface area contributed by atoms with Crippen LogP contribution in [0.5, 0.6) is 11.5 Å². The first kappa shape index (κ1) is 43.4. The van der Waals surface area contributed by atoms with E-state index >= 15 is 0 Å². The molecule has 1 aliphatic carbocycles. The first-order valence-electron chi connectivity index (χ1n) is 20.1. The smallest absolute Gasteiger partial charge is 0.329 e. The van der Waals surface area contributed by atoms with Crippen LogP contribution < -0.4 is 26.0 Å². The first-order valence-corrected chi connectivity index (χ1v) is 20.1. The van der Waals surface area contributed by atoms with Crippen LogP contribution in [0.25, 0.3) is 0 Å². The minimum absolute atomic E-state index is 0.0748. The zero-order valence-corrected chi connectivity index (χ0v) is 33.4. The number of benzene rings is 3. The predicted octanol–water partition coefficient (Wildman–Crippen LogP) is 3.65. The molecule has 1 saturated carbocycles. The molecule has 5 N–H and O–H groups in total. The summed E-state index contributed by atoms with van der Waals surface area (Å²) in [4.78, 5) is 82.0. The van der Waals surface area contributed by atoms with E-state index in [4.69, 9.17) is 9.47 Å². The van der Waals surface area contributed by atoms with E-state index in [9.17, 15) is 33.9 Å². The summed E-state index contributed by atoms with van der Waals surface area (Å²) in [6, 6.07) is 20.0. The highest BCUT2D eigenvalue weighted by atomic mass is 16.5. The van der Waals surface area contributed by atoms with E-state index in [0.29, 0.717) is 48.3 Å². The van der Waals surface area contributed by atoms with Gasteiger partial charge in [-0.15, -0.1) is 0 Å². The van der Waals surface area contributed by atoms with Gasteiger partial charge in [-0.2, -0.15) is 0 Å². The molecular weight excluding hydrogens is 743 g/mol. The van der Waals surface area contributed by atoms with Gasteiger partial charge < -0.3 is 40.7 Å². The zero-order valence-electron chi connectivity index (χ0n) is 33.4. The van der Waals surface area contributed by atoms with Crippen LogP contribution in [0.15, 0.2) is 78.9 Å². The molecule has 1 fully saturated rings. The summed E-state index contributed by atoms with van der Waals surface area (Å²) < 4.78 is 12.1. The van der Waals surface area contributed by atoms with Gasteiger partial charge in [0.2, 0.25) is 17.7 Å². The Morgan fingerprint density at radius 2 is 1.59 bits per heavy atom. The van der Waals surface area contributed by atoms with Crippen molar-refractivity contribution >= 4 is 35.5 Å². The molecule has 3 aromatic rings. The van der Waals surface area contributed by atoms with Crippen LogP contribution in [0, 0.1) is 5.92 Å². The highest BCUT2D eigenvalue weighted by Gasteiger charge is 2.37. The van der Waals surface area contributed by atoms with E-state index in [0.717, 1.165) is 24.8 Å². The minimum Gasteiger partial charge on any atom is -0.457 e. The Kier molecular flexibility index (Phi) is 15.8. The minimum atomic E-state index is -1.78. The van der Waals surface area contributed by atoms with Gasteiger partial charge in [-0.05, 0) is 72.6 Å². The van der Waals surface area contributed by atoms with Gasteiger partial charge in [0.1, 0.15) is 23.6 Å². The summed E-state index contributed by atoms with van der Waals surface area (Å²) >= 11 is 0. The molecule has 2 unspecified atom stereocenters. The van der Waals surface area contributed by atoms with Crippen molar-refractivity contribution < 1.29 is 43.3 Å². The van der Waals surface area contributed by atoms with Gasteiger partial charge in [-0.1, -0.05) is 87.2 Å². The second-order valence-electron chi connectivity index (χ2n) is 15.2. The molecule has 5 amide bonds. The van der Waals surface area contributed by atoms with Crippen LogP contribution in [0.2, 0.25) is 0 Å². The maximum atomic E-state index is 14.2. The van der Waals surface area contributed by atoms with Crippen molar-refractivity contribution in [2.75, 3.05) is 20.6 Å². The van der Waals surface area contributed by atoms with Crippen LogP contribution in [0.4, 0.5) is 0 Å². The molecular formula is C44H55N5O9. The fourth-order valence-electron chi connectivity index (χ4n) is 7.31. The molecule has 0 spiro atoms. The van der Waals surface area contributed by atoms with Crippen LogP contribution in [0.1, 0.15) is 81.0 Å². The monoisotopic (exact) mass is 797 g/mol. The van der Waals surface area contributed by atoms with E-state index in [-0.39, 0.29) is 37.0 Å². The summed E-state index contributed by atoms with van der Waals surface area (Å²) in [7, 11) is 3.13. The number of likely N-dealkylation sites (N-methyl/N-ethyl adjacent to an activating group) is 1. The number of carbonyl (C=O) groups is 6. The van der Waals surface area contributed by atoms with E-state index in [2.05, 4.69) is 21.3 Å². The Labute approximate surface area is 339 Å². The third kappa shape index (κ3) is 12.4. The molecule has 4 bridgehead atoms. The Hall–Kier alpha value is -5.76. The maximum Gasteiger partial charge on any atom is 0.329 e. The van der Waals surface area contributed by atoms with Crippen LogP contribution in [-0.4, -0.2) is 90.4 Å². The zero-order chi connectivity index (χ0) is 41.6. The number of fused-ring (bicyclic) bond motifs is 10. The van der Waals surface area contributed by atoms with Crippen LogP contribution in [-0.2, 0) is 46.3 Å². The van der Waals surface area contributed by atoms with Gasteiger partial charge in [0.15, 0.2) is 12.2 Å². The first-order chi connectivity index (χ1) is 27.9. The number of amides is 5. The number of aliphatic hydroxyl groups excluding tert-OH is 1. The topological polar surface area (TPSA) is 192 Å². The normalized spacial score (nSPS) is 19.2. The number of aliphatic hydroxyl groups is 1. The third-order valence-corrected chi connectivity index (χ3v) is 10.5. The molecule has 0 saturated heterocycles. The van der Waals surface area contributed by atoms with Crippen molar-refractivity contribution in [1.82, 2.24) is 26.2 Å². The van der Waals surface area contributed by atoms with Crippen molar-refractivity contribution in [1.29, 1.82) is 0 Å². The Morgan fingerprint density at radius 3 is 2.28 bits per heavy atom. The van der Waals surface area contributed by atoms with Gasteiger partial charge in [0.05, 0.1) is 12.6 Å². The van der Waals surface area contributed by atoms with Gasteiger partial charge in [-0.3, -0.25) is 24.0 Å². The van der Waals surface area contributed by atoms with Gasteiger partial charge in [0.25, 0.3) is 11.8 Å². The summed E-state index contributed by atoms with van der Waals surface area (Å²) in [5.41, 5.74) is 2.10. The van der Waals surface area contributed by atoms with E-state index in [1.807, 2.05) is 31.2 Å². The van der Waals surface area contributed by atoms with Crippen molar-refractivity contribution in [3.8, 4) is 11.5 Å². The van der Waals surface area contributed by atoms with E-state index < -0.39 is 60.6 Å². The summed E-state index contributed by atoms with van der Waals surface area (Å²) in [6.07, 6.45) is 2.20. The molecule has 0 aromatic heterocycles. The summed E-state index contributed by atoms with van der Waals surface area (Å²) in [5, 5.41) is 21.9. The number of nitrogens with zero attached hydrogens (tertiary/aromatic N) is 1. The molecule has 14 nitrogen and oxygen atoms in total. The number of aryl methyl sites for hydroxylation is 1. The summed E-state index contributed by atoms with van der Waals surface area (Å²) in [6.45, 7) is 1.26. The lowest BCUT2D eigenvalue weighted by Gasteiger charge is -2.31. The standard InChI is InChI=1S/C44H55N5O9/c1-4-12-34(40(52)42(54)45-27-37(51)48-38(43(55)49(2)3)30-14-7-5-8-15-30)46-41(53)35-26-29-13-11-18-33(25-29)57-32-22-19-28(20-23-32)21-24-36(50)47-39(44(56)58-35)31-16-9-6-10-17-31/h5,7-8,11,13-15,18-20,22-23,25,31,34-35,38-40,52H,4,6,9-10,12,16-17,21,24,26-27H2,1-3H3,(H,45,54)(H,46,53)(H,47,50)(H,48,51)/t34?,35-,38-,39-,40?/m0/s1. The SMILES string of the molecule is CCCC(NC(=O)[C@@H]1Cc2cccc(c2)Oc2ccc(cc2)CCC(=O)N[C@@H](C2CCCCC2)C(=O)O1)C(O)C(=O)NCC(=O)N[C@H](C(=O)N(C)C)c1ccccc1. The lowest BCUT2D eigenvalue weighted by molar-refractivity contribution is -0.161. The van der Waals surface area contributed by atoms with Gasteiger partial charge in [0, 0.05) is 26.9 Å². The number of hydrogen-bond acceptors (Lipinski definition) is 9. The Bertz CT molecular complexity index is 1880. The molecule has 310 valence electrons. The molecule has 2 aliphatic heterocycles. The lowest BCUT2D eigenvalue weighted by Crippen LogP contribution is -2.55. The second kappa shape index (κ2) is 21.1. The average Bonchev–Trinajstić information content (AvgIpc) is 3.23. The van der Waals surface area contributed by atoms with Crippen molar-refractivity contribution in [2.45, 2.75) is 101 Å². The number of hydrogen-bond donors (Lipinski definition) is 5. The van der Waals surface area contributed by atoms with Crippen molar-refractivity contribution in [3.05, 3.63) is 95.6 Å². The number of rotatable bonds is 12. The van der Waals surface area contributed by atoms with Crippen molar-refractivity contribution in [2.24, 2.45) is 5.92 Å². The molecule has 5 atom stereocenters. The van der Waals surface area contributed by atoms with Gasteiger partial charge >= 0.3 is 5.97 Å². The second-order valence-corrected chi connectivity index (χ2v) is 15.2. The molecule has 0 radical (unpaired) electrons. The molecule has 3 aromatic carbocycles. The van der Waals surface area contributed by atoms with Gasteiger partial charge in [-0.25, -0.2) is 4.79 Å². The quantitative estimate of drug-likeness (QED) is 0.170. The molecule has 58 heavy (non-hydrogen) atoms. The largest absolute Gasteiger partial charge is 0.457 e. The van der Waals surface area contributed by atoms with Crippen molar-refractivity contribution in [3.63, 3.8) is 0 Å². The molecule has 2 heterocycles. The van der Waals surface area contributed by atoms with Crippen LogP contribution >= 0.6 is 0 Å². The number of carbonyl (C=O) groups excluding carboxylic acids is 6. The molecule has 3 aliphatic rings. The van der Waals surface area contributed by atoms with E-state index in [1.165, 1.54) is 4.90 Å². The fourth-order valence-corrected chi connectivity index (χ4v) is 7.31. The highest BCUT2D eigenvalue weighted by Crippen LogP contribution is 2.29. The number of nitrogens with one attached hydrogen (secondary N) is 4. The Balaban J connectivity index is 1.33. The maximum absolute atomic E-state index is 14.2. The third-order valence-electron chi connectivity index (χ3n) is 10.5. The van der Waals surface area contributed by atoms with E-state index in [1.54, 1.807) is 68.7 Å². The lowest BCUT2D eigenvalue weighted by atomic mass is 9.83. The fraction of sp³-hybridized carbons (Fsp3) is 0.455. The number of esters is 1. The summed E-state index contributed by atoms with van der Waals surface area (Å²) in [5.74, 6) is -2.86. The molecule has 6 rings (SSSR count). The number of ether oxygens (including phenoxy) is 2. The predicted molar refractivity (Wildman–Crippen MR) is 215 cm³/mol. The Morgan fingerprint density at radius 1 is 0.862 bits per heavy atom. The molecule has 14 heteroatoms. The van der Waals surface area contributed by atoms with Crippen LogP contribution in [0.3, 0.4) is 0 Å². The average molecular weight is 798 g/mol. The highest BCUT2D eigenvalue weighted by molar-refractivity contribution is 5.92.